The van der Waals surface area contributed by atoms with Gasteiger partial charge in [-0.15, -0.1) is 11.3 Å². The molecule has 128 valence electrons. The Balaban J connectivity index is 1.72. The van der Waals surface area contributed by atoms with Crippen molar-refractivity contribution in [3.05, 3.63) is 51.2 Å². The van der Waals surface area contributed by atoms with Crippen LogP contribution < -0.4 is 10.1 Å². The number of rotatable bonds is 6. The van der Waals surface area contributed by atoms with Crippen molar-refractivity contribution < 1.29 is 9.53 Å². The molecule has 1 aromatic heterocycles. The van der Waals surface area contributed by atoms with Gasteiger partial charge in [-0.2, -0.15) is 0 Å². The van der Waals surface area contributed by atoms with Crippen molar-refractivity contribution in [2.24, 2.45) is 0 Å². The van der Waals surface area contributed by atoms with Crippen molar-refractivity contribution in [2.45, 2.75) is 18.9 Å². The molecule has 1 aromatic carbocycles. The summed E-state index contributed by atoms with van der Waals surface area (Å²) < 4.78 is 5.27. The molecule has 1 aliphatic rings. The third kappa shape index (κ3) is 3.91. The predicted octanol–water partition coefficient (Wildman–Crippen LogP) is 3.98. The fourth-order valence-corrected chi connectivity index (χ4v) is 4.12. The SMILES string of the molecule is COc1ccc(Cl)cc1C(=O)NCC(c1cccs1)N1CCCC1. The van der Waals surface area contributed by atoms with Crippen molar-refractivity contribution in [1.29, 1.82) is 0 Å². The number of nitrogens with zero attached hydrogens (tertiary/aromatic N) is 1. The second kappa shape index (κ2) is 8.01. The van der Waals surface area contributed by atoms with Gasteiger partial charge in [-0.3, -0.25) is 9.69 Å². The minimum atomic E-state index is -0.157. The number of hydrogen-bond acceptors (Lipinski definition) is 4. The molecule has 0 aliphatic carbocycles. The summed E-state index contributed by atoms with van der Waals surface area (Å²) in [4.78, 5) is 16.3. The summed E-state index contributed by atoms with van der Waals surface area (Å²) in [6.07, 6.45) is 2.44. The minimum Gasteiger partial charge on any atom is -0.496 e. The zero-order chi connectivity index (χ0) is 16.9. The van der Waals surface area contributed by atoms with Crippen molar-refractivity contribution in [1.82, 2.24) is 10.2 Å². The zero-order valence-electron chi connectivity index (χ0n) is 13.6. The Hall–Kier alpha value is -1.56. The average molecular weight is 365 g/mol. The van der Waals surface area contributed by atoms with Gasteiger partial charge in [0.1, 0.15) is 5.75 Å². The van der Waals surface area contributed by atoms with E-state index in [2.05, 4.69) is 27.7 Å². The molecule has 3 rings (SSSR count). The van der Waals surface area contributed by atoms with Gasteiger partial charge in [0.2, 0.25) is 0 Å². The summed E-state index contributed by atoms with van der Waals surface area (Å²) in [5, 5.41) is 5.66. The second-order valence-corrected chi connectivity index (χ2v) is 7.24. The third-order valence-electron chi connectivity index (χ3n) is 4.32. The summed E-state index contributed by atoms with van der Waals surface area (Å²) in [6, 6.07) is 9.50. The number of likely N-dealkylation sites (tertiary alicyclic amines) is 1. The number of carbonyl (C=O) groups is 1. The van der Waals surface area contributed by atoms with E-state index in [0.29, 0.717) is 22.9 Å². The Morgan fingerprint density at radius 1 is 1.38 bits per heavy atom. The van der Waals surface area contributed by atoms with Gasteiger partial charge in [-0.1, -0.05) is 17.7 Å². The van der Waals surface area contributed by atoms with Crippen LogP contribution in [0.4, 0.5) is 0 Å². The van der Waals surface area contributed by atoms with Crippen molar-refractivity contribution in [2.75, 3.05) is 26.7 Å². The van der Waals surface area contributed by atoms with Crippen molar-refractivity contribution in [3.63, 3.8) is 0 Å². The highest BCUT2D eigenvalue weighted by Crippen LogP contribution is 2.28. The van der Waals surface area contributed by atoms with E-state index in [4.69, 9.17) is 16.3 Å². The number of thiophene rings is 1. The molecule has 1 unspecified atom stereocenters. The van der Waals surface area contributed by atoms with Gasteiger partial charge in [-0.25, -0.2) is 0 Å². The maximum Gasteiger partial charge on any atom is 0.255 e. The topological polar surface area (TPSA) is 41.6 Å². The maximum atomic E-state index is 12.6. The Kier molecular flexibility index (Phi) is 5.76. The highest BCUT2D eigenvalue weighted by molar-refractivity contribution is 7.10. The van der Waals surface area contributed by atoms with E-state index in [-0.39, 0.29) is 11.9 Å². The standard InChI is InChI=1S/C18H21ClN2O2S/c1-23-16-7-6-13(19)11-14(16)18(22)20-12-15(17-5-4-10-24-17)21-8-2-3-9-21/h4-7,10-11,15H,2-3,8-9,12H2,1H3,(H,20,22). The highest BCUT2D eigenvalue weighted by atomic mass is 35.5. The molecular weight excluding hydrogens is 344 g/mol. The van der Waals surface area contributed by atoms with Gasteiger partial charge >= 0.3 is 0 Å². The number of methoxy groups -OCH3 is 1. The number of carbonyl (C=O) groups excluding carboxylic acids is 1. The number of ether oxygens (including phenoxy) is 1. The van der Waals surface area contributed by atoms with E-state index < -0.39 is 0 Å². The van der Waals surface area contributed by atoms with E-state index in [0.717, 1.165) is 13.1 Å². The molecule has 2 aromatic rings. The Morgan fingerprint density at radius 3 is 2.83 bits per heavy atom. The molecule has 6 heteroatoms. The van der Waals surface area contributed by atoms with Gasteiger partial charge in [0, 0.05) is 16.4 Å². The van der Waals surface area contributed by atoms with Crippen LogP contribution in [0.2, 0.25) is 5.02 Å². The van der Waals surface area contributed by atoms with Gasteiger partial charge in [-0.05, 0) is 55.6 Å². The van der Waals surface area contributed by atoms with Crippen LogP contribution in [-0.2, 0) is 0 Å². The van der Waals surface area contributed by atoms with Gasteiger partial charge < -0.3 is 10.1 Å². The molecular formula is C18H21ClN2O2S. The van der Waals surface area contributed by atoms with Crippen LogP contribution in [0.1, 0.15) is 34.1 Å². The molecule has 24 heavy (non-hydrogen) atoms. The number of benzene rings is 1. The molecule has 0 bridgehead atoms. The maximum absolute atomic E-state index is 12.6. The highest BCUT2D eigenvalue weighted by Gasteiger charge is 2.25. The number of halogens is 1. The first kappa shape index (κ1) is 17.3. The third-order valence-corrected chi connectivity index (χ3v) is 5.52. The largest absolute Gasteiger partial charge is 0.496 e. The first-order valence-corrected chi connectivity index (χ1v) is 9.34. The normalized spacial score (nSPS) is 16.1. The molecule has 1 amide bonds. The number of amides is 1. The molecule has 1 fully saturated rings. The van der Waals surface area contributed by atoms with Crippen LogP contribution in [0.3, 0.4) is 0 Å². The quantitative estimate of drug-likeness (QED) is 0.843. The first-order valence-electron chi connectivity index (χ1n) is 8.08. The lowest BCUT2D eigenvalue weighted by Crippen LogP contribution is -2.36. The van der Waals surface area contributed by atoms with E-state index in [1.807, 2.05) is 0 Å². The van der Waals surface area contributed by atoms with Gasteiger partial charge in [0.25, 0.3) is 5.91 Å². The monoisotopic (exact) mass is 364 g/mol. The Labute approximate surface area is 151 Å². The second-order valence-electron chi connectivity index (χ2n) is 5.83. The van der Waals surface area contributed by atoms with Crippen LogP contribution in [-0.4, -0.2) is 37.6 Å². The molecule has 1 saturated heterocycles. The van der Waals surface area contributed by atoms with Crippen LogP contribution in [0.5, 0.6) is 5.75 Å². The molecule has 1 N–H and O–H groups in total. The van der Waals surface area contributed by atoms with Gasteiger partial charge in [0.05, 0.1) is 18.7 Å². The summed E-state index contributed by atoms with van der Waals surface area (Å²) >= 11 is 7.76. The van der Waals surface area contributed by atoms with Crippen LogP contribution in [0, 0.1) is 0 Å². The van der Waals surface area contributed by atoms with Crippen LogP contribution in [0.25, 0.3) is 0 Å². The smallest absolute Gasteiger partial charge is 0.255 e. The summed E-state index contributed by atoms with van der Waals surface area (Å²) in [5.41, 5.74) is 0.469. The Bertz CT molecular complexity index is 684. The van der Waals surface area contributed by atoms with E-state index in [1.165, 1.54) is 17.7 Å². The molecule has 0 radical (unpaired) electrons. The zero-order valence-corrected chi connectivity index (χ0v) is 15.2. The molecule has 0 spiro atoms. The molecule has 4 nitrogen and oxygen atoms in total. The number of hydrogen-bond donors (Lipinski definition) is 1. The lowest BCUT2D eigenvalue weighted by Gasteiger charge is -2.27. The lowest BCUT2D eigenvalue weighted by molar-refractivity contribution is 0.0935. The molecule has 2 heterocycles. The van der Waals surface area contributed by atoms with E-state index in [1.54, 1.807) is 36.6 Å². The minimum absolute atomic E-state index is 0.157. The fraction of sp³-hybridized carbons (Fsp3) is 0.389. The summed E-state index contributed by atoms with van der Waals surface area (Å²) in [5.74, 6) is 0.376. The summed E-state index contributed by atoms with van der Waals surface area (Å²) in [6.45, 7) is 2.74. The van der Waals surface area contributed by atoms with Crippen LogP contribution >= 0.6 is 22.9 Å². The number of nitrogens with one attached hydrogen (secondary N) is 1. The molecule has 0 saturated carbocycles. The summed E-state index contributed by atoms with van der Waals surface area (Å²) in [7, 11) is 1.55. The van der Waals surface area contributed by atoms with E-state index in [9.17, 15) is 4.79 Å². The van der Waals surface area contributed by atoms with Crippen molar-refractivity contribution >= 4 is 28.8 Å². The fourth-order valence-electron chi connectivity index (χ4n) is 3.09. The van der Waals surface area contributed by atoms with Crippen molar-refractivity contribution in [3.8, 4) is 5.75 Å². The first-order chi connectivity index (χ1) is 11.7. The van der Waals surface area contributed by atoms with Crippen LogP contribution in [0.15, 0.2) is 35.7 Å². The Morgan fingerprint density at radius 2 is 2.17 bits per heavy atom. The molecule has 1 aliphatic heterocycles. The van der Waals surface area contributed by atoms with Gasteiger partial charge in [0.15, 0.2) is 0 Å². The lowest BCUT2D eigenvalue weighted by atomic mass is 10.1. The molecule has 1 atom stereocenters. The predicted molar refractivity (Wildman–Crippen MR) is 98.2 cm³/mol. The average Bonchev–Trinajstić information content (AvgIpc) is 3.29. The van der Waals surface area contributed by atoms with E-state index >= 15 is 0 Å².